The summed E-state index contributed by atoms with van der Waals surface area (Å²) in [6.45, 7) is 0. The number of aliphatic carboxylic acids is 1. The van der Waals surface area contributed by atoms with E-state index in [0.717, 1.165) is 9.24 Å². The Morgan fingerprint density at radius 1 is 1.57 bits per heavy atom. The third-order valence-corrected chi connectivity index (χ3v) is 6.89. The number of thioether (sulfide) groups is 2. The fourth-order valence-corrected chi connectivity index (χ4v) is 5.20. The summed E-state index contributed by atoms with van der Waals surface area (Å²) in [6.07, 6.45) is 1.65. The Morgan fingerprint density at radius 2 is 2.35 bits per heavy atom. The van der Waals surface area contributed by atoms with Gasteiger partial charge in [0.25, 0.3) is 5.91 Å². The zero-order valence-corrected chi connectivity index (χ0v) is 14.6. The van der Waals surface area contributed by atoms with Gasteiger partial charge in [0.15, 0.2) is 0 Å². The van der Waals surface area contributed by atoms with Crippen LogP contribution in [0.2, 0.25) is 0 Å². The van der Waals surface area contributed by atoms with Crippen molar-refractivity contribution in [3.8, 4) is 0 Å². The zero-order chi connectivity index (χ0) is 16.6. The van der Waals surface area contributed by atoms with Crippen LogP contribution < -0.4 is 5.32 Å². The number of carboxylic acid groups (broad SMARTS) is 1. The quantitative estimate of drug-likeness (QED) is 0.574. The van der Waals surface area contributed by atoms with Crippen LogP contribution in [0.5, 0.6) is 0 Å². The van der Waals surface area contributed by atoms with Crippen LogP contribution >= 0.6 is 46.5 Å². The van der Waals surface area contributed by atoms with E-state index in [4.69, 9.17) is 16.7 Å². The lowest BCUT2D eigenvalue weighted by atomic mass is 10.1. The molecule has 2 aliphatic rings. The highest BCUT2D eigenvalue weighted by Crippen LogP contribution is 2.41. The van der Waals surface area contributed by atoms with Crippen LogP contribution in [0, 0.1) is 0 Å². The number of hydrogen-bond donors (Lipinski definition) is 2. The molecule has 0 spiro atoms. The highest BCUT2D eigenvalue weighted by Gasteiger charge is 2.54. The average Bonchev–Trinajstić information content (AvgIpc) is 3.03. The first-order valence-corrected chi connectivity index (χ1v) is 9.66. The molecule has 1 fully saturated rings. The smallest absolute Gasteiger partial charge is 0.353 e. The number of carbonyl (C=O) groups is 3. The van der Waals surface area contributed by atoms with E-state index in [0.29, 0.717) is 5.75 Å². The summed E-state index contributed by atoms with van der Waals surface area (Å²) < 4.78 is 0.775. The van der Waals surface area contributed by atoms with Crippen LogP contribution in [0.3, 0.4) is 0 Å². The molecular weight excluding hydrogens is 382 g/mol. The van der Waals surface area contributed by atoms with Crippen LogP contribution in [0.15, 0.2) is 26.6 Å². The Balaban J connectivity index is 1.60. The van der Waals surface area contributed by atoms with Gasteiger partial charge in [0.2, 0.25) is 5.91 Å². The van der Waals surface area contributed by atoms with Gasteiger partial charge in [0.1, 0.15) is 21.5 Å². The largest absolute Gasteiger partial charge is 0.477 e. The van der Waals surface area contributed by atoms with E-state index in [-0.39, 0.29) is 22.4 Å². The third kappa shape index (κ3) is 3.21. The van der Waals surface area contributed by atoms with Crippen LogP contribution in [-0.2, 0) is 14.4 Å². The predicted molar refractivity (Wildman–Crippen MR) is 88.4 cm³/mol. The fourth-order valence-electron chi connectivity index (χ4n) is 2.21. The molecule has 3 heterocycles. The van der Waals surface area contributed by atoms with Gasteiger partial charge < -0.3 is 10.4 Å². The molecule has 0 aliphatic carbocycles. The number of nitrogens with one attached hydrogen (secondary N) is 1. The van der Waals surface area contributed by atoms with Crippen LogP contribution in [0.25, 0.3) is 0 Å². The number of amides is 2. The molecule has 0 aromatic carbocycles. The summed E-state index contributed by atoms with van der Waals surface area (Å²) >= 11 is 9.94. The normalized spacial score (nSPS) is 23.3. The van der Waals surface area contributed by atoms with Crippen LogP contribution in [0.4, 0.5) is 0 Å². The Bertz CT molecular complexity index is 694. The lowest BCUT2D eigenvalue weighted by Crippen LogP contribution is -2.70. The standard InChI is InChI=1S/C12H10ClN3O4S3/c13-5-3-22-10-7(9(18)16(10)8(5)11(19)20)15-6(17)4-23-12-14-1-2-21-12/h1-2,7,10H,3-4H2,(H,15,17)(H,19,20)/t7-,10-/m1/s1. The molecule has 0 bridgehead atoms. The zero-order valence-electron chi connectivity index (χ0n) is 11.4. The van der Waals surface area contributed by atoms with Crippen molar-refractivity contribution >= 4 is 64.2 Å². The average molecular weight is 392 g/mol. The molecule has 2 N–H and O–H groups in total. The molecule has 23 heavy (non-hydrogen) atoms. The Morgan fingerprint density at radius 3 is 3.00 bits per heavy atom. The second kappa shape index (κ2) is 6.71. The van der Waals surface area contributed by atoms with Gasteiger partial charge in [-0.3, -0.25) is 14.5 Å². The summed E-state index contributed by atoms with van der Waals surface area (Å²) in [5, 5.41) is 13.3. The minimum Gasteiger partial charge on any atom is -0.477 e. The van der Waals surface area contributed by atoms with Gasteiger partial charge in [0, 0.05) is 17.3 Å². The lowest BCUT2D eigenvalue weighted by molar-refractivity contribution is -0.150. The highest BCUT2D eigenvalue weighted by molar-refractivity contribution is 8.01. The van der Waals surface area contributed by atoms with E-state index in [1.54, 1.807) is 6.20 Å². The molecule has 0 radical (unpaired) electrons. The highest BCUT2D eigenvalue weighted by atomic mass is 35.5. The van der Waals surface area contributed by atoms with Gasteiger partial charge in [-0.15, -0.1) is 23.1 Å². The number of nitrogens with zero attached hydrogens (tertiary/aromatic N) is 2. The predicted octanol–water partition coefficient (Wildman–Crippen LogP) is 1.17. The van der Waals surface area contributed by atoms with Crippen LogP contribution in [0.1, 0.15) is 0 Å². The van der Waals surface area contributed by atoms with Crippen molar-refractivity contribution in [1.29, 1.82) is 0 Å². The number of fused-ring (bicyclic) bond motifs is 1. The molecule has 3 rings (SSSR count). The van der Waals surface area contributed by atoms with Gasteiger partial charge in [-0.25, -0.2) is 9.78 Å². The molecule has 122 valence electrons. The number of carboxylic acids is 1. The Labute approximate surface area is 148 Å². The van der Waals surface area contributed by atoms with E-state index in [1.165, 1.54) is 34.9 Å². The number of halogens is 1. The van der Waals surface area contributed by atoms with Crippen molar-refractivity contribution in [2.24, 2.45) is 0 Å². The summed E-state index contributed by atoms with van der Waals surface area (Å²) in [5.41, 5.74) is -0.192. The van der Waals surface area contributed by atoms with Gasteiger partial charge >= 0.3 is 5.97 Å². The van der Waals surface area contributed by atoms with Gasteiger partial charge in [-0.1, -0.05) is 23.4 Å². The number of carbonyl (C=O) groups excluding carboxylic acids is 2. The van der Waals surface area contributed by atoms with Crippen molar-refractivity contribution in [2.75, 3.05) is 11.5 Å². The van der Waals surface area contributed by atoms with E-state index in [2.05, 4.69) is 10.3 Å². The monoisotopic (exact) mass is 391 g/mol. The third-order valence-electron chi connectivity index (χ3n) is 3.18. The molecule has 0 saturated carbocycles. The van der Waals surface area contributed by atoms with E-state index in [1.807, 2.05) is 5.38 Å². The fraction of sp³-hybridized carbons (Fsp3) is 0.333. The maximum Gasteiger partial charge on any atom is 0.353 e. The Hall–Kier alpha value is -1.23. The van der Waals surface area contributed by atoms with Crippen LogP contribution in [-0.4, -0.2) is 55.7 Å². The van der Waals surface area contributed by atoms with Gasteiger partial charge in [-0.05, 0) is 0 Å². The molecule has 2 amide bonds. The number of rotatable bonds is 5. The van der Waals surface area contributed by atoms with Crippen molar-refractivity contribution < 1.29 is 19.5 Å². The topological polar surface area (TPSA) is 99.6 Å². The summed E-state index contributed by atoms with van der Waals surface area (Å²) in [4.78, 5) is 40.5. The molecular formula is C12H10ClN3O4S3. The second-order valence-corrected chi connectivity index (χ2v) is 8.28. The first-order chi connectivity index (χ1) is 11.0. The summed E-state index contributed by atoms with van der Waals surface area (Å²) in [6, 6.07) is -0.719. The molecule has 2 aliphatic heterocycles. The number of hydrogen-bond acceptors (Lipinski definition) is 7. The summed E-state index contributed by atoms with van der Waals surface area (Å²) in [5.74, 6) is -1.53. The maximum absolute atomic E-state index is 12.1. The van der Waals surface area contributed by atoms with Crippen molar-refractivity contribution in [2.45, 2.75) is 15.8 Å². The van der Waals surface area contributed by atoms with E-state index >= 15 is 0 Å². The minimum atomic E-state index is -1.24. The van der Waals surface area contributed by atoms with E-state index < -0.39 is 23.3 Å². The van der Waals surface area contributed by atoms with Crippen molar-refractivity contribution in [3.05, 3.63) is 22.3 Å². The molecule has 11 heteroatoms. The first kappa shape index (κ1) is 16.6. The summed E-state index contributed by atoms with van der Waals surface area (Å²) in [7, 11) is 0. The number of aromatic nitrogens is 1. The van der Waals surface area contributed by atoms with Gasteiger partial charge in [0.05, 0.1) is 10.8 Å². The molecule has 0 unspecified atom stereocenters. The SMILES string of the molecule is O=C(CSc1nccs1)N[C@@H]1C(=O)N2C(C(=O)O)=C(Cl)CS[C@H]12. The molecule has 7 nitrogen and oxygen atoms in total. The number of β-lactam (4-membered cyclic amide) rings is 1. The van der Waals surface area contributed by atoms with Gasteiger partial charge in [-0.2, -0.15) is 0 Å². The lowest BCUT2D eigenvalue weighted by Gasteiger charge is -2.48. The first-order valence-electron chi connectivity index (χ1n) is 6.37. The van der Waals surface area contributed by atoms with Crippen molar-refractivity contribution in [1.82, 2.24) is 15.2 Å². The van der Waals surface area contributed by atoms with Crippen molar-refractivity contribution in [3.63, 3.8) is 0 Å². The van der Waals surface area contributed by atoms with E-state index in [9.17, 15) is 14.4 Å². The minimum absolute atomic E-state index is 0.135. The molecule has 1 saturated heterocycles. The molecule has 1 aromatic rings. The molecule has 1 aromatic heterocycles. The molecule has 2 atom stereocenters. The number of thiazole rings is 1. The maximum atomic E-state index is 12.1. The Kier molecular flexibility index (Phi) is 4.85. The second-order valence-electron chi connectivity index (χ2n) is 4.60.